The number of aromatic nitrogens is 4. The zero-order chi connectivity index (χ0) is 20.8. The van der Waals surface area contributed by atoms with Gasteiger partial charge in [-0.25, -0.2) is 14.2 Å². The average molecular weight is 423 g/mol. The molecule has 1 N–H and O–H groups in total. The van der Waals surface area contributed by atoms with Crippen LogP contribution in [0, 0.1) is 12.7 Å². The Balaban J connectivity index is 1.45. The van der Waals surface area contributed by atoms with Crippen molar-refractivity contribution in [3.63, 3.8) is 0 Å². The number of halogens is 1. The maximum atomic E-state index is 13.5. The fourth-order valence-corrected chi connectivity index (χ4v) is 4.16. The van der Waals surface area contributed by atoms with Crippen molar-refractivity contribution in [3.05, 3.63) is 70.6 Å². The molecule has 0 saturated heterocycles. The average Bonchev–Trinajstić information content (AvgIpc) is 3.37. The van der Waals surface area contributed by atoms with Crippen LogP contribution in [0.5, 0.6) is 0 Å². The lowest BCUT2D eigenvalue weighted by atomic mass is 10.3. The number of nitrogens with one attached hydrogen (secondary N) is 1. The van der Waals surface area contributed by atoms with E-state index in [1.165, 1.54) is 32.7 Å². The number of para-hydroxylation sites is 2. The van der Waals surface area contributed by atoms with Gasteiger partial charge in [-0.2, -0.15) is 9.78 Å². The third-order valence-corrected chi connectivity index (χ3v) is 5.49. The van der Waals surface area contributed by atoms with Gasteiger partial charge in [-0.1, -0.05) is 23.5 Å². The fourth-order valence-electron chi connectivity index (χ4n) is 3.20. The number of benzene rings is 2. The number of aryl methyl sites for hydroxylation is 1. The van der Waals surface area contributed by atoms with E-state index in [9.17, 15) is 14.0 Å². The first kappa shape index (κ1) is 18.3. The van der Waals surface area contributed by atoms with Gasteiger partial charge in [-0.05, 0) is 37.3 Å². The highest BCUT2D eigenvalue weighted by Crippen LogP contribution is 2.28. The molecule has 3 heterocycles. The van der Waals surface area contributed by atoms with Crippen LogP contribution < -0.4 is 11.1 Å². The van der Waals surface area contributed by atoms with E-state index in [0.29, 0.717) is 38.0 Å². The number of oxazole rings is 1. The quantitative estimate of drug-likeness (QED) is 0.478. The summed E-state index contributed by atoms with van der Waals surface area (Å²) in [5, 5.41) is 7.64. The van der Waals surface area contributed by atoms with Crippen LogP contribution in [0.2, 0.25) is 0 Å². The molecular formula is C20H14FN5O3S. The summed E-state index contributed by atoms with van der Waals surface area (Å²) in [5.41, 5.74) is 2.26. The summed E-state index contributed by atoms with van der Waals surface area (Å²) >= 11 is 1.26. The van der Waals surface area contributed by atoms with E-state index in [1.807, 2.05) is 0 Å². The normalized spacial score (nSPS) is 11.4. The Morgan fingerprint density at radius 2 is 2.07 bits per heavy atom. The minimum Gasteiger partial charge on any atom is -0.408 e. The van der Waals surface area contributed by atoms with Gasteiger partial charge in [0, 0.05) is 6.07 Å². The number of hydrogen-bond acceptors (Lipinski definition) is 6. The summed E-state index contributed by atoms with van der Waals surface area (Å²) in [6, 6.07) is 12.9. The number of rotatable bonds is 4. The number of fused-ring (bicyclic) bond motifs is 2. The van der Waals surface area contributed by atoms with Crippen molar-refractivity contribution < 1.29 is 13.6 Å². The standard InChI is InChI=1S/C20H14FN5O3S/c1-11-8-17(26(24-11)19-22-13-7-6-12(21)9-16(13)30-19)23-18(27)10-25-14-4-2-3-5-15(14)29-20(25)28/h2-9H,10H2,1H3,(H,23,27). The predicted octanol–water partition coefficient (Wildman–Crippen LogP) is 3.48. The van der Waals surface area contributed by atoms with E-state index >= 15 is 0 Å². The molecule has 8 nitrogen and oxygen atoms in total. The van der Waals surface area contributed by atoms with Crippen LogP contribution >= 0.6 is 11.3 Å². The van der Waals surface area contributed by atoms with Gasteiger partial charge in [-0.3, -0.25) is 9.36 Å². The number of carbonyl (C=O) groups excluding carboxylic acids is 1. The summed E-state index contributed by atoms with van der Waals surface area (Å²) in [6.45, 7) is 1.57. The number of thiazole rings is 1. The Hall–Kier alpha value is -3.79. The second kappa shape index (κ2) is 6.92. The van der Waals surface area contributed by atoms with Gasteiger partial charge in [0.2, 0.25) is 11.0 Å². The molecule has 0 atom stereocenters. The largest absolute Gasteiger partial charge is 0.420 e. The lowest BCUT2D eigenvalue weighted by Gasteiger charge is -2.07. The Labute approximate surface area is 172 Å². The maximum Gasteiger partial charge on any atom is 0.420 e. The van der Waals surface area contributed by atoms with Gasteiger partial charge in [-0.15, -0.1) is 0 Å². The second-order valence-corrected chi connectivity index (χ2v) is 7.67. The van der Waals surface area contributed by atoms with Gasteiger partial charge in [0.1, 0.15) is 18.2 Å². The SMILES string of the molecule is Cc1cc(NC(=O)Cn2c(=O)oc3ccccc32)n(-c2nc3ccc(F)cc3s2)n1. The minimum absolute atomic E-state index is 0.217. The summed E-state index contributed by atoms with van der Waals surface area (Å²) in [7, 11) is 0. The molecule has 0 unspecified atom stereocenters. The molecule has 0 radical (unpaired) electrons. The molecule has 2 aromatic carbocycles. The Morgan fingerprint density at radius 1 is 1.23 bits per heavy atom. The van der Waals surface area contributed by atoms with E-state index in [-0.39, 0.29) is 12.4 Å². The number of amides is 1. The molecule has 0 spiro atoms. The molecule has 1 amide bonds. The molecule has 5 aromatic rings. The highest BCUT2D eigenvalue weighted by molar-refractivity contribution is 7.20. The minimum atomic E-state index is -0.607. The van der Waals surface area contributed by atoms with Crippen LogP contribution in [0.1, 0.15) is 5.69 Å². The van der Waals surface area contributed by atoms with Crippen molar-refractivity contribution in [1.82, 2.24) is 19.3 Å². The highest BCUT2D eigenvalue weighted by atomic mass is 32.1. The molecule has 5 rings (SSSR count). The Kier molecular flexibility index (Phi) is 4.21. The van der Waals surface area contributed by atoms with Crippen molar-refractivity contribution in [2.75, 3.05) is 5.32 Å². The maximum absolute atomic E-state index is 13.5. The lowest BCUT2D eigenvalue weighted by Crippen LogP contribution is -2.25. The Bertz CT molecular complexity index is 1480. The molecule has 0 aliphatic rings. The zero-order valence-corrected chi connectivity index (χ0v) is 16.4. The van der Waals surface area contributed by atoms with Crippen LogP contribution in [0.15, 0.2) is 57.7 Å². The van der Waals surface area contributed by atoms with Crippen LogP contribution in [0.3, 0.4) is 0 Å². The van der Waals surface area contributed by atoms with Crippen LogP contribution in [-0.4, -0.2) is 25.2 Å². The van der Waals surface area contributed by atoms with Gasteiger partial charge < -0.3 is 9.73 Å². The number of nitrogens with zero attached hydrogens (tertiary/aromatic N) is 4. The molecule has 3 aromatic heterocycles. The second-order valence-electron chi connectivity index (χ2n) is 6.66. The van der Waals surface area contributed by atoms with Crippen LogP contribution in [-0.2, 0) is 11.3 Å². The van der Waals surface area contributed by atoms with Gasteiger partial charge >= 0.3 is 5.76 Å². The van der Waals surface area contributed by atoms with Crippen molar-refractivity contribution in [3.8, 4) is 5.13 Å². The Morgan fingerprint density at radius 3 is 2.93 bits per heavy atom. The van der Waals surface area contributed by atoms with E-state index in [0.717, 1.165) is 0 Å². The molecule has 0 aliphatic heterocycles. The molecule has 30 heavy (non-hydrogen) atoms. The van der Waals surface area contributed by atoms with Gasteiger partial charge in [0.25, 0.3) is 0 Å². The molecule has 0 bridgehead atoms. The first-order valence-corrected chi connectivity index (χ1v) is 9.81. The summed E-state index contributed by atoms with van der Waals surface area (Å²) in [4.78, 5) is 29.2. The third kappa shape index (κ3) is 3.16. The summed E-state index contributed by atoms with van der Waals surface area (Å²) in [6.07, 6.45) is 0. The van der Waals surface area contributed by atoms with Crippen molar-refractivity contribution >= 4 is 44.4 Å². The fraction of sp³-hybridized carbons (Fsp3) is 0.100. The number of anilines is 1. The topological polar surface area (TPSA) is 95.0 Å². The smallest absolute Gasteiger partial charge is 0.408 e. The van der Waals surface area contributed by atoms with Crippen LogP contribution in [0.4, 0.5) is 10.2 Å². The third-order valence-electron chi connectivity index (χ3n) is 4.49. The molecular weight excluding hydrogens is 409 g/mol. The molecule has 10 heteroatoms. The van der Waals surface area contributed by atoms with Gasteiger partial charge in [0.05, 0.1) is 21.4 Å². The summed E-state index contributed by atoms with van der Waals surface area (Å²) < 4.78 is 22.1. The summed E-state index contributed by atoms with van der Waals surface area (Å²) in [5.74, 6) is -0.972. The van der Waals surface area contributed by atoms with E-state index in [1.54, 1.807) is 43.3 Å². The lowest BCUT2D eigenvalue weighted by molar-refractivity contribution is -0.116. The van der Waals surface area contributed by atoms with E-state index in [4.69, 9.17) is 4.42 Å². The molecule has 0 aliphatic carbocycles. The monoisotopic (exact) mass is 423 g/mol. The van der Waals surface area contributed by atoms with Crippen molar-refractivity contribution in [2.24, 2.45) is 0 Å². The molecule has 0 saturated carbocycles. The number of carbonyl (C=O) groups is 1. The zero-order valence-electron chi connectivity index (χ0n) is 15.6. The molecule has 150 valence electrons. The van der Waals surface area contributed by atoms with Crippen molar-refractivity contribution in [2.45, 2.75) is 13.5 Å². The van der Waals surface area contributed by atoms with Gasteiger partial charge in [0.15, 0.2) is 5.58 Å². The first-order valence-electron chi connectivity index (χ1n) is 8.99. The van der Waals surface area contributed by atoms with E-state index < -0.39 is 11.7 Å². The number of hydrogen-bond donors (Lipinski definition) is 1. The first-order chi connectivity index (χ1) is 14.5. The van der Waals surface area contributed by atoms with E-state index in [2.05, 4.69) is 15.4 Å². The highest BCUT2D eigenvalue weighted by Gasteiger charge is 2.17. The predicted molar refractivity (Wildman–Crippen MR) is 111 cm³/mol. The molecule has 0 fully saturated rings. The van der Waals surface area contributed by atoms with Crippen molar-refractivity contribution in [1.29, 1.82) is 0 Å². The van der Waals surface area contributed by atoms with Crippen LogP contribution in [0.25, 0.3) is 26.4 Å².